The maximum Gasteiger partial charge on any atom is 0.165 e. The Bertz CT molecular complexity index is 558. The van der Waals surface area contributed by atoms with Crippen molar-refractivity contribution < 1.29 is 9.53 Å². The first-order valence-corrected chi connectivity index (χ1v) is 6.64. The van der Waals surface area contributed by atoms with Crippen LogP contribution in [0.15, 0.2) is 66.7 Å². The molecule has 1 atom stereocenters. The summed E-state index contributed by atoms with van der Waals surface area (Å²) >= 11 is 0. The number of ether oxygens (including phenoxy) is 1. The molecular formula is C18H18O2. The summed E-state index contributed by atoms with van der Waals surface area (Å²) < 4.78 is 5.36. The highest BCUT2D eigenvalue weighted by atomic mass is 16.5. The third-order valence-electron chi connectivity index (χ3n) is 3.09. The first-order chi connectivity index (χ1) is 9.79. The molecule has 0 amide bonds. The number of hydrogen-bond donors (Lipinski definition) is 0. The molecule has 2 rings (SSSR count). The van der Waals surface area contributed by atoms with Crippen LogP contribution in [0.2, 0.25) is 0 Å². The first-order valence-electron chi connectivity index (χ1n) is 6.64. The lowest BCUT2D eigenvalue weighted by molar-refractivity contribution is 0.0854. The minimum Gasteiger partial charge on any atom is -0.377 e. The summed E-state index contributed by atoms with van der Waals surface area (Å²) in [6.45, 7) is 0. The molecule has 1 unspecified atom stereocenters. The minimum atomic E-state index is -0.206. The standard InChI is InChI=1S/C18H18O2/c1-20-17(13-12-15-8-4-2-5-9-15)14-18(19)16-10-6-3-7-11-16/h2-13,17H,14H2,1H3. The number of hydrogen-bond acceptors (Lipinski definition) is 2. The van der Waals surface area contributed by atoms with Crippen molar-refractivity contribution >= 4 is 11.9 Å². The van der Waals surface area contributed by atoms with E-state index in [1.165, 1.54) is 0 Å². The average molecular weight is 266 g/mol. The molecule has 0 fully saturated rings. The van der Waals surface area contributed by atoms with Gasteiger partial charge in [-0.3, -0.25) is 4.79 Å². The fourth-order valence-corrected chi connectivity index (χ4v) is 1.94. The Morgan fingerprint density at radius 3 is 2.25 bits per heavy atom. The molecule has 0 aliphatic heterocycles. The van der Waals surface area contributed by atoms with E-state index >= 15 is 0 Å². The molecule has 0 heterocycles. The van der Waals surface area contributed by atoms with Gasteiger partial charge in [0.05, 0.1) is 6.10 Å². The average Bonchev–Trinajstić information content (AvgIpc) is 2.53. The van der Waals surface area contributed by atoms with Crippen LogP contribution in [0.3, 0.4) is 0 Å². The summed E-state index contributed by atoms with van der Waals surface area (Å²) in [6, 6.07) is 19.3. The van der Waals surface area contributed by atoms with Crippen LogP contribution in [-0.4, -0.2) is 19.0 Å². The van der Waals surface area contributed by atoms with E-state index in [1.54, 1.807) is 7.11 Å². The van der Waals surface area contributed by atoms with Crippen molar-refractivity contribution in [3.63, 3.8) is 0 Å². The van der Waals surface area contributed by atoms with Crippen molar-refractivity contribution in [1.29, 1.82) is 0 Å². The number of carbonyl (C=O) groups is 1. The zero-order valence-electron chi connectivity index (χ0n) is 11.5. The van der Waals surface area contributed by atoms with Gasteiger partial charge in [-0.15, -0.1) is 0 Å². The molecule has 0 radical (unpaired) electrons. The molecule has 2 heteroatoms. The predicted molar refractivity (Wildman–Crippen MR) is 81.7 cm³/mol. The number of benzene rings is 2. The highest BCUT2D eigenvalue weighted by Crippen LogP contribution is 2.10. The second kappa shape index (κ2) is 7.41. The summed E-state index contributed by atoms with van der Waals surface area (Å²) in [5.74, 6) is 0.0927. The molecule has 0 bridgehead atoms. The van der Waals surface area contributed by atoms with E-state index in [4.69, 9.17) is 4.74 Å². The van der Waals surface area contributed by atoms with Crippen LogP contribution in [0.1, 0.15) is 22.3 Å². The molecule has 0 N–H and O–H groups in total. The Morgan fingerprint density at radius 1 is 1.05 bits per heavy atom. The summed E-state index contributed by atoms with van der Waals surface area (Å²) in [4.78, 5) is 12.1. The number of methoxy groups -OCH3 is 1. The summed E-state index contributed by atoms with van der Waals surface area (Å²) in [5.41, 5.74) is 1.82. The lowest BCUT2D eigenvalue weighted by Crippen LogP contribution is -2.13. The monoisotopic (exact) mass is 266 g/mol. The minimum absolute atomic E-state index is 0.0927. The van der Waals surface area contributed by atoms with Crippen molar-refractivity contribution in [1.82, 2.24) is 0 Å². The number of carbonyl (C=O) groups excluding carboxylic acids is 1. The van der Waals surface area contributed by atoms with Crippen LogP contribution >= 0.6 is 0 Å². The Balaban J connectivity index is 1.99. The second-order valence-corrected chi connectivity index (χ2v) is 4.54. The quantitative estimate of drug-likeness (QED) is 0.739. The fourth-order valence-electron chi connectivity index (χ4n) is 1.94. The van der Waals surface area contributed by atoms with E-state index in [9.17, 15) is 4.79 Å². The molecule has 0 aliphatic carbocycles. The Morgan fingerprint density at radius 2 is 1.65 bits per heavy atom. The van der Waals surface area contributed by atoms with Gasteiger partial charge in [0.1, 0.15) is 0 Å². The maximum atomic E-state index is 12.1. The number of rotatable bonds is 6. The van der Waals surface area contributed by atoms with Crippen LogP contribution in [0.25, 0.3) is 6.08 Å². The van der Waals surface area contributed by atoms with Crippen LogP contribution in [0, 0.1) is 0 Å². The normalized spacial score (nSPS) is 12.4. The van der Waals surface area contributed by atoms with Gasteiger partial charge in [0, 0.05) is 19.1 Å². The Kier molecular flexibility index (Phi) is 5.27. The summed E-state index contributed by atoms with van der Waals surface area (Å²) in [5, 5.41) is 0. The van der Waals surface area contributed by atoms with Gasteiger partial charge in [-0.1, -0.05) is 72.8 Å². The lowest BCUT2D eigenvalue weighted by Gasteiger charge is -2.10. The van der Waals surface area contributed by atoms with Gasteiger partial charge in [0.15, 0.2) is 5.78 Å². The highest BCUT2D eigenvalue weighted by molar-refractivity contribution is 5.96. The van der Waals surface area contributed by atoms with Gasteiger partial charge in [-0.25, -0.2) is 0 Å². The highest BCUT2D eigenvalue weighted by Gasteiger charge is 2.11. The molecule has 102 valence electrons. The second-order valence-electron chi connectivity index (χ2n) is 4.54. The zero-order valence-corrected chi connectivity index (χ0v) is 11.5. The molecular weight excluding hydrogens is 248 g/mol. The van der Waals surface area contributed by atoms with E-state index in [0.29, 0.717) is 6.42 Å². The van der Waals surface area contributed by atoms with E-state index < -0.39 is 0 Å². The van der Waals surface area contributed by atoms with E-state index in [-0.39, 0.29) is 11.9 Å². The molecule has 0 spiro atoms. The largest absolute Gasteiger partial charge is 0.377 e. The van der Waals surface area contributed by atoms with Crippen molar-refractivity contribution in [2.45, 2.75) is 12.5 Å². The molecule has 2 aromatic carbocycles. The van der Waals surface area contributed by atoms with Crippen molar-refractivity contribution in [3.8, 4) is 0 Å². The topological polar surface area (TPSA) is 26.3 Å². The Labute approximate surface area is 119 Å². The van der Waals surface area contributed by atoms with Crippen molar-refractivity contribution in [2.24, 2.45) is 0 Å². The van der Waals surface area contributed by atoms with Crippen LogP contribution in [0.5, 0.6) is 0 Å². The number of ketones is 1. The molecule has 20 heavy (non-hydrogen) atoms. The predicted octanol–water partition coefficient (Wildman–Crippen LogP) is 3.99. The Hall–Kier alpha value is -2.19. The fraction of sp³-hybridized carbons (Fsp3) is 0.167. The van der Waals surface area contributed by atoms with Gasteiger partial charge < -0.3 is 4.74 Å². The third-order valence-corrected chi connectivity index (χ3v) is 3.09. The van der Waals surface area contributed by atoms with Crippen molar-refractivity contribution in [2.75, 3.05) is 7.11 Å². The van der Waals surface area contributed by atoms with Crippen LogP contribution in [0.4, 0.5) is 0 Å². The van der Waals surface area contributed by atoms with Gasteiger partial charge >= 0.3 is 0 Å². The van der Waals surface area contributed by atoms with Gasteiger partial charge in [0.25, 0.3) is 0 Å². The van der Waals surface area contributed by atoms with Gasteiger partial charge in [-0.2, -0.15) is 0 Å². The SMILES string of the molecule is COC(C=Cc1ccccc1)CC(=O)c1ccccc1. The molecule has 0 aliphatic rings. The first kappa shape index (κ1) is 14.2. The van der Waals surface area contributed by atoms with E-state index in [2.05, 4.69) is 0 Å². The molecule has 2 nitrogen and oxygen atoms in total. The van der Waals surface area contributed by atoms with E-state index in [1.807, 2.05) is 72.8 Å². The van der Waals surface area contributed by atoms with Crippen molar-refractivity contribution in [3.05, 3.63) is 77.9 Å². The maximum absolute atomic E-state index is 12.1. The van der Waals surface area contributed by atoms with E-state index in [0.717, 1.165) is 11.1 Å². The molecule has 0 saturated heterocycles. The summed E-state index contributed by atoms with van der Waals surface area (Å²) in [6.07, 6.45) is 4.05. The number of Topliss-reactive ketones (excluding diaryl/α,β-unsaturated/α-hetero) is 1. The van der Waals surface area contributed by atoms with Gasteiger partial charge in [0.2, 0.25) is 0 Å². The van der Waals surface area contributed by atoms with Gasteiger partial charge in [-0.05, 0) is 5.56 Å². The van der Waals surface area contributed by atoms with Crippen LogP contribution in [-0.2, 0) is 4.74 Å². The van der Waals surface area contributed by atoms with Crippen LogP contribution < -0.4 is 0 Å². The molecule has 0 saturated carbocycles. The molecule has 2 aromatic rings. The summed E-state index contributed by atoms with van der Waals surface area (Å²) in [7, 11) is 1.62. The molecule has 0 aromatic heterocycles. The third kappa shape index (κ3) is 4.18. The lowest BCUT2D eigenvalue weighted by atomic mass is 10.0. The smallest absolute Gasteiger partial charge is 0.165 e. The zero-order chi connectivity index (χ0) is 14.2.